The average molecular weight is 1800 g/mol. The number of Topliss-reactive ketones (excluding diaryl/α,β-unsaturated/α-hetero) is 3. The Morgan fingerprint density at radius 2 is 0.636 bits per heavy atom. The minimum Gasteiger partial charge on any atom is -0.478 e. The predicted molar refractivity (Wildman–Crippen MR) is 455 cm³/mol. The normalized spacial score (nSPS) is 15.0. The number of hydrogen-bond donors (Lipinski definition) is 9. The number of carboxylic acids is 2. The molecule has 4 fully saturated rings. The van der Waals surface area contributed by atoms with Gasteiger partial charge < -0.3 is 56.5 Å². The number of ketones is 3. The van der Waals surface area contributed by atoms with Crippen LogP contribution in [0.3, 0.4) is 0 Å². The van der Waals surface area contributed by atoms with Crippen molar-refractivity contribution in [1.29, 1.82) is 0 Å². The first kappa shape index (κ1) is 119. The Kier molecular flexibility index (Phi) is 61.2. The second-order valence-electron chi connectivity index (χ2n) is 21.8. The second kappa shape index (κ2) is 60.7. The number of carbonyl (C=O) groups excluding carboxylic acids is 13. The number of carbonyl (C=O) groups is 15. The van der Waals surface area contributed by atoms with Gasteiger partial charge >= 0.3 is 106 Å². The van der Waals surface area contributed by atoms with Gasteiger partial charge in [-0.1, -0.05) is 64.3 Å². The van der Waals surface area contributed by atoms with Crippen molar-refractivity contribution >= 4 is 142 Å². The van der Waals surface area contributed by atoms with E-state index in [9.17, 15) is 101 Å². The van der Waals surface area contributed by atoms with E-state index in [0.717, 1.165) is 50.8 Å². The van der Waals surface area contributed by atoms with Gasteiger partial charge in [0.1, 0.15) is 0 Å². The molecule has 4 aliphatic rings. The van der Waals surface area contributed by atoms with Gasteiger partial charge in [-0.15, -0.1) is 0 Å². The Hall–Kier alpha value is -9.78. The number of nitrogens with zero attached hydrogens (tertiary/aromatic N) is 15. The topological polar surface area (TPSA) is 597 Å². The molecule has 0 aromatic carbocycles. The number of nitrogens with one attached hydrogen (secondary N) is 6. The van der Waals surface area contributed by atoms with E-state index in [4.69, 9.17) is 15.1 Å². The Bertz CT molecular complexity index is 4140. The van der Waals surface area contributed by atoms with E-state index in [1.165, 1.54) is 31.9 Å². The molecule has 0 spiro atoms. The van der Waals surface area contributed by atoms with Crippen molar-refractivity contribution < 1.29 is 96.5 Å². The summed E-state index contributed by atoms with van der Waals surface area (Å²) in [5.74, 6) is -4.63. The summed E-state index contributed by atoms with van der Waals surface area (Å²) in [6.45, 7) is 29.6. The molecule has 16 amide bonds. The summed E-state index contributed by atoms with van der Waals surface area (Å²) in [6, 6.07) is -4.87. The SMILES string of the molecule is C.C.C.C.C.CCCC(=O)c1nc(=O)n(CC)c(=O)n1PC.CCCC(=O)c1nc(=O)n(CC)c(=O)n1PC.CCCCC(=O)c1nc(=O)n(CC)c(=O)n1PC.CCN1C(=O)NC(C(=O)O)N(PC)C1=O.CCN1C(=O)NC(C(=O)O)NC1=O.CCN1C(=O)NC(C(=O)OC)N(PC)C1=O.CCN1C(=O)NC(C(=O)OC)NC1=O.CPO. The number of esters is 2. The largest absolute Gasteiger partial charge is 0.478 e. The molecule has 0 bridgehead atoms. The number of hydrogen-bond acceptors (Lipinski definition) is 27. The molecule has 7 heterocycles. The van der Waals surface area contributed by atoms with Gasteiger partial charge in [0.05, 0.1) is 14.2 Å². The maximum absolute atomic E-state index is 12.0. The van der Waals surface area contributed by atoms with Gasteiger partial charge in [0.25, 0.3) is 0 Å². The quantitative estimate of drug-likeness (QED) is 0.0313. The van der Waals surface area contributed by atoms with E-state index < -0.39 is 131 Å². The van der Waals surface area contributed by atoms with E-state index >= 15 is 0 Å². The Morgan fingerprint density at radius 3 is 0.873 bits per heavy atom. The fourth-order valence-corrected chi connectivity index (χ4v) is 12.8. The average Bonchev–Trinajstić information content (AvgIpc) is 0.815. The second-order valence-corrected chi connectivity index (χ2v) is 26.8. The van der Waals surface area contributed by atoms with Crippen molar-refractivity contribution in [3.63, 3.8) is 0 Å². The van der Waals surface area contributed by atoms with E-state index in [-0.39, 0.29) is 170 Å². The molecule has 7 rings (SSSR count). The van der Waals surface area contributed by atoms with Gasteiger partial charge in [0.15, 0.2) is 34.8 Å². The molecule has 0 saturated carbocycles. The van der Waals surface area contributed by atoms with Crippen LogP contribution in [0.25, 0.3) is 0 Å². The monoisotopic (exact) mass is 1800 g/mol. The molecule has 9 N–H and O–H groups in total. The molecule has 4 saturated heterocycles. The van der Waals surface area contributed by atoms with Crippen LogP contribution in [0, 0.1) is 0 Å². The van der Waals surface area contributed by atoms with Crippen LogP contribution < -0.4 is 66.0 Å². The van der Waals surface area contributed by atoms with Crippen molar-refractivity contribution in [1.82, 2.24) is 103 Å². The smallest absolute Gasteiger partial charge is 0.353 e. The van der Waals surface area contributed by atoms with Crippen molar-refractivity contribution in [2.45, 2.75) is 196 Å². The lowest BCUT2D eigenvalue weighted by Crippen LogP contribution is -2.65. The molecule has 672 valence electrons. The van der Waals surface area contributed by atoms with E-state index in [1.807, 2.05) is 20.8 Å². The summed E-state index contributed by atoms with van der Waals surface area (Å²) in [7, 11) is 2.77. The third-order valence-corrected chi connectivity index (χ3v) is 19.2. The summed E-state index contributed by atoms with van der Waals surface area (Å²) in [6.07, 6.45) is -0.828. The fraction of sp³-hybridized carbons (Fsp3) is 0.631. The zero-order chi connectivity index (χ0) is 87.0. The lowest BCUT2D eigenvalue weighted by molar-refractivity contribution is -0.146. The maximum Gasteiger partial charge on any atom is 0.353 e. The van der Waals surface area contributed by atoms with Crippen LogP contribution in [0.5, 0.6) is 0 Å². The highest BCUT2D eigenvalue weighted by Gasteiger charge is 2.43. The molecule has 3 aromatic rings. The summed E-state index contributed by atoms with van der Waals surface area (Å²) in [5, 5.41) is 30.7. The third kappa shape index (κ3) is 33.2. The van der Waals surface area contributed by atoms with Crippen molar-refractivity contribution in [2.75, 3.05) is 80.4 Å². The molecule has 4 aliphatic heterocycles. The summed E-state index contributed by atoms with van der Waals surface area (Å²) < 4.78 is 18.2. The summed E-state index contributed by atoms with van der Waals surface area (Å²) in [5.41, 5.74) is -3.28. The van der Waals surface area contributed by atoms with Gasteiger partial charge in [-0.3, -0.25) is 36.7 Å². The number of amides is 16. The Balaban J connectivity index is -0.000000307. The van der Waals surface area contributed by atoms with Gasteiger partial charge in [0, 0.05) is 73.9 Å². The third-order valence-electron chi connectivity index (χ3n) is 14.8. The molecule has 0 aliphatic carbocycles. The molecule has 8 unspecified atom stereocenters. The number of ether oxygens (including phenoxy) is 2. The number of imide groups is 4. The molecular weight excluding hydrogens is 1680 g/mol. The van der Waals surface area contributed by atoms with Gasteiger partial charge in [-0.25, -0.2) is 120 Å². The standard InChI is InChI=1S/C11H18N3O3P.2C10H16N3O3P.C8H14N3O4P.C7H12N3O4P.C7H11N3O4.C6H9N3O4.CH5OP.5CH4/c1-4-6-7-8(15)9-12-10(16)13(5-2)11(17)14(9)18-3;2*1-4-6-7(14)8-11-9(15)12(5-2)10(16)13(8)17-3;1-4-10-7(13)9-5(6(12)15-2)11(16-3)8(10)14;1-3-9-6(13)8-4(5(11)12)10(15-2)7(9)14;1-3-10-6(12)8-4(5(11)14-2)9-7(10)13;1-2-9-5(12)7-3(4(10)11)8-6(9)13;1-3-2;;;;;/h18H,4-7H2,1-3H3;2*17H,4-6H2,1-3H3;5,16H,4H2,1-3H3,(H,9,13);4,15H,3H2,1-2H3,(H,8,13)(H,11,12);4H,3H2,1-2H3,(H,8,12)(H,9,13);3H,2H2,1H3,(H,7,12)(H,8,13)(H,10,11);2-3H,1H3;5*1H4. The van der Waals surface area contributed by atoms with Crippen molar-refractivity contribution in [3.05, 3.63) is 80.4 Å². The first-order valence-electron chi connectivity index (χ1n) is 34.6. The van der Waals surface area contributed by atoms with Crippen LogP contribution in [0.1, 0.15) is 183 Å². The fourth-order valence-electron chi connectivity index (χ4n) is 9.21. The van der Waals surface area contributed by atoms with Gasteiger partial charge in [0.2, 0.25) is 24.7 Å². The van der Waals surface area contributed by atoms with Crippen LogP contribution in [-0.4, -0.2) is 280 Å². The van der Waals surface area contributed by atoms with Gasteiger partial charge in [-0.2, -0.15) is 15.0 Å². The number of urea groups is 8. The highest BCUT2D eigenvalue weighted by atomic mass is 31.1. The minimum absolute atomic E-state index is 0. The zero-order valence-electron chi connectivity index (χ0n) is 65.6. The maximum atomic E-state index is 12.0. The highest BCUT2D eigenvalue weighted by Crippen LogP contribution is 2.25. The van der Waals surface area contributed by atoms with E-state index in [0.29, 0.717) is 32.1 Å². The molecule has 47 nitrogen and oxygen atoms in total. The molecule has 0 radical (unpaired) electrons. The lowest BCUT2D eigenvalue weighted by Gasteiger charge is -2.38. The van der Waals surface area contributed by atoms with Crippen LogP contribution in [0.15, 0.2) is 28.8 Å². The predicted octanol–water partition coefficient (Wildman–Crippen LogP) is 3.87. The molecule has 8 atom stereocenters. The number of aliphatic carboxylic acids is 2. The van der Waals surface area contributed by atoms with Crippen LogP contribution in [-0.2, 0) is 48.3 Å². The Morgan fingerprint density at radius 1 is 0.364 bits per heavy atom. The number of aromatic nitrogens is 9. The molecule has 118 heavy (non-hydrogen) atoms. The van der Waals surface area contributed by atoms with Crippen LogP contribution in [0.4, 0.5) is 38.4 Å². The molecule has 3 aromatic heterocycles. The minimum atomic E-state index is -1.33. The first-order valence-corrected chi connectivity index (χ1v) is 43.2. The summed E-state index contributed by atoms with van der Waals surface area (Å²) >= 11 is 0. The van der Waals surface area contributed by atoms with Crippen LogP contribution >= 0.6 is 52.5 Å². The van der Waals surface area contributed by atoms with E-state index in [2.05, 4.69) is 56.3 Å². The molecular formula is C65H121N21O26P6. The summed E-state index contributed by atoms with van der Waals surface area (Å²) in [4.78, 5) is 263. The van der Waals surface area contributed by atoms with Crippen LogP contribution in [0.2, 0.25) is 0 Å². The van der Waals surface area contributed by atoms with Crippen molar-refractivity contribution in [2.24, 2.45) is 0 Å². The van der Waals surface area contributed by atoms with Gasteiger partial charge in [-0.05, 0) is 151 Å². The first-order chi connectivity index (χ1) is 53.3. The highest BCUT2D eigenvalue weighted by molar-refractivity contribution is 7.36. The number of methoxy groups -OCH3 is 2. The lowest BCUT2D eigenvalue weighted by atomic mass is 10.2. The number of carboxylic acid groups (broad SMARTS) is 2. The number of unbranched alkanes of at least 4 members (excludes halogenated alkanes) is 1. The molecule has 53 heteroatoms. The van der Waals surface area contributed by atoms with Crippen molar-refractivity contribution in [3.8, 4) is 0 Å². The Labute approximate surface area is 694 Å². The zero-order valence-corrected chi connectivity index (χ0v) is 71.6. The number of rotatable bonds is 26. The van der Waals surface area contributed by atoms with E-state index in [1.54, 1.807) is 88.5 Å².